The monoisotopic (exact) mass is 378 g/mol. The van der Waals surface area contributed by atoms with Gasteiger partial charge in [-0.3, -0.25) is 0 Å². The van der Waals surface area contributed by atoms with Gasteiger partial charge < -0.3 is 5.11 Å². The summed E-state index contributed by atoms with van der Waals surface area (Å²) in [6.07, 6.45) is 4.98. The van der Waals surface area contributed by atoms with Crippen molar-refractivity contribution < 1.29 is 9.90 Å². The van der Waals surface area contributed by atoms with E-state index in [9.17, 15) is 9.90 Å². The number of carbonyl (C=O) groups is 1. The van der Waals surface area contributed by atoms with Crippen LogP contribution in [0.3, 0.4) is 0 Å². The quantitative estimate of drug-likeness (QED) is 0.546. The molecule has 3 heteroatoms. The van der Waals surface area contributed by atoms with Gasteiger partial charge in [0.15, 0.2) is 0 Å². The molecule has 0 saturated carbocycles. The molecule has 1 aliphatic carbocycles. The third-order valence-corrected chi connectivity index (χ3v) is 7.05. The summed E-state index contributed by atoms with van der Waals surface area (Å²) < 4.78 is 0. The van der Waals surface area contributed by atoms with E-state index in [0.29, 0.717) is 5.56 Å². The molecule has 0 amide bonds. The number of hydrogen-bond donors (Lipinski definition) is 1. The molecule has 0 saturated heterocycles. The predicted molar refractivity (Wildman–Crippen MR) is 114 cm³/mol. The van der Waals surface area contributed by atoms with Crippen molar-refractivity contribution in [3.63, 3.8) is 0 Å². The fourth-order valence-electron chi connectivity index (χ4n) is 4.31. The standard InChI is InChI=1S/C24H26O2S/c1-4-7-17-12-15-8-5-6-9-16(15)13-18(17)22-21(23(25)26)19-14-24(2,3)11-10-20(19)27-22/h5-6,8-9,12-13H,4,7,10-11,14H2,1-3H3,(H,25,26). The van der Waals surface area contributed by atoms with Gasteiger partial charge in [0.1, 0.15) is 0 Å². The van der Waals surface area contributed by atoms with Gasteiger partial charge in [-0.15, -0.1) is 11.3 Å². The molecule has 27 heavy (non-hydrogen) atoms. The Morgan fingerprint density at radius 1 is 1.19 bits per heavy atom. The second kappa shape index (κ2) is 6.79. The smallest absolute Gasteiger partial charge is 0.337 e. The maximum absolute atomic E-state index is 12.3. The van der Waals surface area contributed by atoms with Crippen LogP contribution in [0.5, 0.6) is 0 Å². The zero-order chi connectivity index (χ0) is 19.2. The highest BCUT2D eigenvalue weighted by atomic mass is 32.1. The summed E-state index contributed by atoms with van der Waals surface area (Å²) >= 11 is 1.71. The van der Waals surface area contributed by atoms with E-state index in [-0.39, 0.29) is 5.41 Å². The number of thiophene rings is 1. The van der Waals surface area contributed by atoms with E-state index >= 15 is 0 Å². The topological polar surface area (TPSA) is 37.3 Å². The average molecular weight is 379 g/mol. The molecule has 0 aliphatic heterocycles. The molecular weight excluding hydrogens is 352 g/mol. The van der Waals surface area contributed by atoms with Crippen molar-refractivity contribution in [2.24, 2.45) is 5.41 Å². The van der Waals surface area contributed by atoms with Crippen LogP contribution in [0.2, 0.25) is 0 Å². The Balaban J connectivity index is 1.97. The highest BCUT2D eigenvalue weighted by Crippen LogP contribution is 2.46. The Hall–Kier alpha value is -2.13. The van der Waals surface area contributed by atoms with Gasteiger partial charge >= 0.3 is 5.97 Å². The predicted octanol–water partition coefficient (Wildman–Crippen LogP) is 6.73. The lowest BCUT2D eigenvalue weighted by Gasteiger charge is -2.29. The fourth-order valence-corrected chi connectivity index (χ4v) is 5.67. The first-order valence-corrected chi connectivity index (χ1v) is 10.6. The normalized spacial score (nSPS) is 15.7. The minimum atomic E-state index is -0.782. The molecule has 140 valence electrons. The number of rotatable bonds is 4. The van der Waals surface area contributed by atoms with E-state index < -0.39 is 5.97 Å². The van der Waals surface area contributed by atoms with E-state index in [0.717, 1.165) is 48.1 Å². The Bertz CT molecular complexity index is 1030. The number of hydrogen-bond acceptors (Lipinski definition) is 2. The molecule has 0 bridgehead atoms. The zero-order valence-corrected chi connectivity index (χ0v) is 17.1. The summed E-state index contributed by atoms with van der Waals surface area (Å²) in [4.78, 5) is 14.5. The highest BCUT2D eigenvalue weighted by Gasteiger charge is 2.33. The van der Waals surface area contributed by atoms with Gasteiger partial charge in [-0.25, -0.2) is 4.79 Å². The first kappa shape index (κ1) is 18.2. The minimum Gasteiger partial charge on any atom is -0.478 e. The number of benzene rings is 2. The number of aromatic carboxylic acids is 1. The molecule has 0 atom stereocenters. The highest BCUT2D eigenvalue weighted by molar-refractivity contribution is 7.16. The summed E-state index contributed by atoms with van der Waals surface area (Å²) in [7, 11) is 0. The summed E-state index contributed by atoms with van der Waals surface area (Å²) in [5.41, 5.74) is 4.18. The number of carboxylic acids is 1. The van der Waals surface area contributed by atoms with Crippen molar-refractivity contribution in [2.45, 2.75) is 52.9 Å². The number of fused-ring (bicyclic) bond motifs is 2. The summed E-state index contributed by atoms with van der Waals surface area (Å²) in [5.74, 6) is -0.782. The van der Waals surface area contributed by atoms with Gasteiger partial charge in [0, 0.05) is 9.75 Å². The van der Waals surface area contributed by atoms with Crippen LogP contribution in [0.1, 0.15) is 60.0 Å². The lowest BCUT2D eigenvalue weighted by molar-refractivity contribution is 0.0696. The first-order chi connectivity index (χ1) is 12.9. The molecule has 1 heterocycles. The van der Waals surface area contributed by atoms with Crippen molar-refractivity contribution in [3.8, 4) is 10.4 Å². The molecule has 1 aliphatic rings. The van der Waals surface area contributed by atoms with Crippen LogP contribution >= 0.6 is 11.3 Å². The summed E-state index contributed by atoms with van der Waals surface area (Å²) in [6, 6.07) is 12.8. The van der Waals surface area contributed by atoms with E-state index in [4.69, 9.17) is 0 Å². The van der Waals surface area contributed by atoms with Gasteiger partial charge in [0.2, 0.25) is 0 Å². The SMILES string of the molecule is CCCc1cc2ccccc2cc1-c1sc2c(c1C(=O)O)CC(C)(C)CC2. The minimum absolute atomic E-state index is 0.172. The van der Waals surface area contributed by atoms with Crippen molar-refractivity contribution >= 4 is 28.1 Å². The first-order valence-electron chi connectivity index (χ1n) is 9.79. The van der Waals surface area contributed by atoms with E-state index in [2.05, 4.69) is 51.1 Å². The van der Waals surface area contributed by atoms with E-state index in [1.165, 1.54) is 21.2 Å². The number of aryl methyl sites for hydroxylation is 2. The molecule has 3 aromatic rings. The van der Waals surface area contributed by atoms with Crippen LogP contribution in [0.4, 0.5) is 0 Å². The van der Waals surface area contributed by atoms with Crippen LogP contribution in [-0.4, -0.2) is 11.1 Å². The van der Waals surface area contributed by atoms with Crippen LogP contribution in [0.15, 0.2) is 36.4 Å². The molecule has 1 aromatic heterocycles. The van der Waals surface area contributed by atoms with Crippen LogP contribution < -0.4 is 0 Å². The lowest BCUT2D eigenvalue weighted by Crippen LogP contribution is -2.22. The Labute approximate surface area is 164 Å². The third kappa shape index (κ3) is 3.29. The molecule has 4 rings (SSSR count). The van der Waals surface area contributed by atoms with Gasteiger partial charge in [-0.2, -0.15) is 0 Å². The fraction of sp³-hybridized carbons (Fsp3) is 0.375. The second-order valence-electron chi connectivity index (χ2n) is 8.46. The van der Waals surface area contributed by atoms with Crippen molar-refractivity contribution in [2.75, 3.05) is 0 Å². The van der Waals surface area contributed by atoms with Gasteiger partial charge in [0.05, 0.1) is 5.56 Å². The lowest BCUT2D eigenvalue weighted by atomic mass is 9.75. The molecule has 0 radical (unpaired) electrons. The molecule has 0 unspecified atom stereocenters. The largest absolute Gasteiger partial charge is 0.478 e. The maximum Gasteiger partial charge on any atom is 0.337 e. The average Bonchev–Trinajstić information content (AvgIpc) is 2.98. The van der Waals surface area contributed by atoms with E-state index in [1.54, 1.807) is 11.3 Å². The van der Waals surface area contributed by atoms with Gasteiger partial charge in [-0.05, 0) is 64.6 Å². The molecule has 1 N–H and O–H groups in total. The Kier molecular flexibility index (Phi) is 4.59. The van der Waals surface area contributed by atoms with Crippen LogP contribution in [-0.2, 0) is 19.3 Å². The Morgan fingerprint density at radius 3 is 2.56 bits per heavy atom. The second-order valence-corrected chi connectivity index (χ2v) is 9.57. The third-order valence-electron chi connectivity index (χ3n) is 5.72. The molecule has 2 aromatic carbocycles. The number of carboxylic acid groups (broad SMARTS) is 1. The summed E-state index contributed by atoms with van der Waals surface area (Å²) in [5, 5.41) is 12.5. The zero-order valence-electron chi connectivity index (χ0n) is 16.3. The Morgan fingerprint density at radius 2 is 1.89 bits per heavy atom. The van der Waals surface area contributed by atoms with Crippen molar-refractivity contribution in [1.29, 1.82) is 0 Å². The van der Waals surface area contributed by atoms with Crippen LogP contribution in [0, 0.1) is 5.41 Å². The molecular formula is C24H26O2S. The molecule has 2 nitrogen and oxygen atoms in total. The van der Waals surface area contributed by atoms with Gasteiger partial charge in [0.25, 0.3) is 0 Å². The summed E-state index contributed by atoms with van der Waals surface area (Å²) in [6.45, 7) is 6.67. The van der Waals surface area contributed by atoms with Gasteiger partial charge in [-0.1, -0.05) is 57.5 Å². The molecule has 0 spiro atoms. The van der Waals surface area contributed by atoms with Crippen LogP contribution in [0.25, 0.3) is 21.2 Å². The van der Waals surface area contributed by atoms with Crippen molar-refractivity contribution in [3.05, 3.63) is 58.0 Å². The molecule has 0 fully saturated rings. The van der Waals surface area contributed by atoms with Crippen molar-refractivity contribution in [1.82, 2.24) is 0 Å². The maximum atomic E-state index is 12.3. The van der Waals surface area contributed by atoms with E-state index in [1.807, 2.05) is 6.07 Å².